The molecule has 0 aliphatic carbocycles. The van der Waals surface area contributed by atoms with Crippen LogP contribution in [0.5, 0.6) is 0 Å². The summed E-state index contributed by atoms with van der Waals surface area (Å²) in [4.78, 5) is 0. The fraction of sp³-hybridized carbons (Fsp3) is 0.636. The van der Waals surface area contributed by atoms with Crippen LogP contribution in [0, 0.1) is 5.92 Å². The summed E-state index contributed by atoms with van der Waals surface area (Å²) in [5.41, 5.74) is 5.35. The summed E-state index contributed by atoms with van der Waals surface area (Å²) in [6, 6.07) is 3.00. The number of sulfonamides is 1. The van der Waals surface area contributed by atoms with Crippen molar-refractivity contribution in [3.05, 3.63) is 17.9 Å². The molecule has 98 valence electrons. The van der Waals surface area contributed by atoms with Crippen molar-refractivity contribution < 1.29 is 12.8 Å². The summed E-state index contributed by atoms with van der Waals surface area (Å²) in [6.45, 7) is 4.84. The molecule has 1 rings (SSSR count). The molecule has 0 amide bonds. The fourth-order valence-corrected chi connectivity index (χ4v) is 2.42. The molecular weight excluding hydrogens is 240 g/mol. The lowest BCUT2D eigenvalue weighted by Gasteiger charge is -2.05. The van der Waals surface area contributed by atoms with Crippen molar-refractivity contribution in [2.24, 2.45) is 11.7 Å². The monoisotopic (exact) mass is 260 g/mol. The van der Waals surface area contributed by atoms with Gasteiger partial charge in [0.25, 0.3) is 10.0 Å². The van der Waals surface area contributed by atoms with Gasteiger partial charge >= 0.3 is 0 Å². The first kappa shape index (κ1) is 14.2. The van der Waals surface area contributed by atoms with Gasteiger partial charge in [0.05, 0.1) is 6.54 Å². The Morgan fingerprint density at radius 2 is 2.12 bits per heavy atom. The maximum absolute atomic E-state index is 11.8. The van der Waals surface area contributed by atoms with Gasteiger partial charge < -0.3 is 10.2 Å². The highest BCUT2D eigenvalue weighted by Gasteiger charge is 2.17. The molecule has 0 aliphatic rings. The van der Waals surface area contributed by atoms with Crippen molar-refractivity contribution in [1.29, 1.82) is 0 Å². The Kier molecular flexibility index (Phi) is 5.17. The van der Waals surface area contributed by atoms with Crippen LogP contribution >= 0.6 is 0 Å². The van der Waals surface area contributed by atoms with Crippen LogP contribution in [0.2, 0.25) is 0 Å². The number of nitrogens with one attached hydrogen (secondary N) is 1. The highest BCUT2D eigenvalue weighted by Crippen LogP contribution is 2.13. The quantitative estimate of drug-likeness (QED) is 0.727. The van der Waals surface area contributed by atoms with E-state index >= 15 is 0 Å². The van der Waals surface area contributed by atoms with Gasteiger partial charge in [0.2, 0.25) is 5.09 Å². The topological polar surface area (TPSA) is 85.3 Å². The number of nitrogens with two attached hydrogens (primary N) is 1. The van der Waals surface area contributed by atoms with Gasteiger partial charge in [-0.2, -0.15) is 0 Å². The zero-order valence-corrected chi connectivity index (χ0v) is 11.1. The van der Waals surface area contributed by atoms with Crippen molar-refractivity contribution in [3.63, 3.8) is 0 Å². The molecule has 5 nitrogen and oxygen atoms in total. The average Bonchev–Trinajstić information content (AvgIpc) is 2.73. The number of hydrogen-bond acceptors (Lipinski definition) is 4. The lowest BCUT2D eigenvalue weighted by molar-refractivity contribution is 0.412. The van der Waals surface area contributed by atoms with Crippen molar-refractivity contribution in [1.82, 2.24) is 4.72 Å². The van der Waals surface area contributed by atoms with Gasteiger partial charge in [0.15, 0.2) is 0 Å². The molecule has 17 heavy (non-hydrogen) atoms. The van der Waals surface area contributed by atoms with E-state index in [2.05, 4.69) is 18.6 Å². The molecule has 6 heteroatoms. The van der Waals surface area contributed by atoms with Gasteiger partial charge in [0.1, 0.15) is 5.76 Å². The van der Waals surface area contributed by atoms with E-state index in [0.29, 0.717) is 18.2 Å². The number of rotatable bonds is 7. The minimum atomic E-state index is -3.52. The van der Waals surface area contributed by atoms with Crippen molar-refractivity contribution in [2.75, 3.05) is 6.54 Å². The van der Waals surface area contributed by atoms with Gasteiger partial charge in [-0.25, -0.2) is 13.1 Å². The minimum Gasteiger partial charge on any atom is -0.447 e. The number of furan rings is 1. The van der Waals surface area contributed by atoms with Crippen LogP contribution in [-0.2, 0) is 16.6 Å². The first-order chi connectivity index (χ1) is 7.95. The van der Waals surface area contributed by atoms with Gasteiger partial charge in [0, 0.05) is 6.54 Å². The molecule has 0 aromatic carbocycles. The molecule has 0 saturated carbocycles. The van der Waals surface area contributed by atoms with Crippen LogP contribution in [-0.4, -0.2) is 15.0 Å². The molecule has 1 heterocycles. The fourth-order valence-electron chi connectivity index (χ4n) is 1.40. The van der Waals surface area contributed by atoms with Crippen molar-refractivity contribution in [2.45, 2.75) is 38.3 Å². The van der Waals surface area contributed by atoms with Crippen LogP contribution in [0.25, 0.3) is 0 Å². The molecule has 0 saturated heterocycles. The molecule has 0 radical (unpaired) electrons. The molecule has 1 aromatic heterocycles. The standard InChI is InChI=1S/C11H20N2O3S/c1-9(2)4-3-7-13-17(14,15)11-6-5-10(8-12)16-11/h5-6,9,13H,3-4,7-8,12H2,1-2H3. The maximum Gasteiger partial charge on any atom is 0.273 e. The lowest BCUT2D eigenvalue weighted by Crippen LogP contribution is -2.24. The van der Waals surface area contributed by atoms with Gasteiger partial charge in [-0.3, -0.25) is 0 Å². The zero-order chi connectivity index (χ0) is 12.9. The van der Waals surface area contributed by atoms with E-state index in [1.807, 2.05) is 0 Å². The van der Waals surface area contributed by atoms with E-state index in [4.69, 9.17) is 10.2 Å². The maximum atomic E-state index is 11.8. The zero-order valence-electron chi connectivity index (χ0n) is 10.3. The van der Waals surface area contributed by atoms with Gasteiger partial charge in [-0.15, -0.1) is 0 Å². The van der Waals surface area contributed by atoms with E-state index in [-0.39, 0.29) is 11.6 Å². The van der Waals surface area contributed by atoms with Crippen LogP contribution < -0.4 is 10.5 Å². The second-order valence-corrected chi connectivity index (χ2v) is 6.06. The van der Waals surface area contributed by atoms with Gasteiger partial charge in [-0.05, 0) is 30.9 Å². The third-order valence-electron chi connectivity index (χ3n) is 2.35. The normalized spacial score (nSPS) is 12.2. The summed E-state index contributed by atoms with van der Waals surface area (Å²) >= 11 is 0. The van der Waals surface area contributed by atoms with Gasteiger partial charge in [-0.1, -0.05) is 13.8 Å². The van der Waals surface area contributed by atoms with E-state index in [1.54, 1.807) is 6.07 Å². The highest BCUT2D eigenvalue weighted by atomic mass is 32.2. The Balaban J connectivity index is 2.51. The van der Waals surface area contributed by atoms with Crippen LogP contribution in [0.1, 0.15) is 32.4 Å². The molecule has 1 aromatic rings. The Bertz CT molecular complexity index is 437. The van der Waals surface area contributed by atoms with E-state index in [1.165, 1.54) is 6.07 Å². The average molecular weight is 260 g/mol. The Morgan fingerprint density at radius 3 is 2.65 bits per heavy atom. The lowest BCUT2D eigenvalue weighted by atomic mass is 10.1. The second-order valence-electron chi connectivity index (χ2n) is 4.36. The second kappa shape index (κ2) is 6.18. The van der Waals surface area contributed by atoms with E-state index in [0.717, 1.165) is 12.8 Å². The van der Waals surface area contributed by atoms with Crippen molar-refractivity contribution in [3.8, 4) is 0 Å². The predicted molar refractivity (Wildman–Crippen MR) is 65.9 cm³/mol. The molecular formula is C11H20N2O3S. The third-order valence-corrected chi connectivity index (χ3v) is 3.69. The first-order valence-corrected chi connectivity index (χ1v) is 7.22. The molecule has 0 fully saturated rings. The molecule has 3 N–H and O–H groups in total. The molecule has 0 aliphatic heterocycles. The predicted octanol–water partition coefficient (Wildman–Crippen LogP) is 1.45. The van der Waals surface area contributed by atoms with E-state index < -0.39 is 10.0 Å². The third kappa shape index (κ3) is 4.49. The Morgan fingerprint density at radius 1 is 1.41 bits per heavy atom. The Labute approximate surface area is 102 Å². The summed E-state index contributed by atoms with van der Waals surface area (Å²) in [7, 11) is -3.52. The largest absolute Gasteiger partial charge is 0.447 e. The minimum absolute atomic E-state index is 0.0671. The smallest absolute Gasteiger partial charge is 0.273 e. The van der Waals surface area contributed by atoms with Crippen LogP contribution in [0.4, 0.5) is 0 Å². The first-order valence-electron chi connectivity index (χ1n) is 5.74. The van der Waals surface area contributed by atoms with Crippen LogP contribution in [0.15, 0.2) is 21.6 Å². The highest BCUT2D eigenvalue weighted by molar-refractivity contribution is 7.89. The number of hydrogen-bond donors (Lipinski definition) is 2. The molecule has 0 bridgehead atoms. The SMILES string of the molecule is CC(C)CCCNS(=O)(=O)c1ccc(CN)o1. The van der Waals surface area contributed by atoms with E-state index in [9.17, 15) is 8.42 Å². The molecule has 0 unspecified atom stereocenters. The molecule has 0 spiro atoms. The Hall–Kier alpha value is -0.850. The van der Waals surface area contributed by atoms with Crippen molar-refractivity contribution >= 4 is 10.0 Å². The summed E-state index contributed by atoms with van der Waals surface area (Å²) in [5, 5.41) is -0.0671. The summed E-state index contributed by atoms with van der Waals surface area (Å²) in [6.07, 6.45) is 1.82. The summed E-state index contributed by atoms with van der Waals surface area (Å²) in [5.74, 6) is 1.04. The van der Waals surface area contributed by atoms with Crippen LogP contribution in [0.3, 0.4) is 0 Å². The molecule has 0 atom stereocenters. The summed E-state index contributed by atoms with van der Waals surface area (Å²) < 4.78 is 31.1.